The number of nitrogens with two attached hydrogens (primary N) is 1. The summed E-state index contributed by atoms with van der Waals surface area (Å²) in [6, 6.07) is 6.96. The average molecular weight is 502 g/mol. The van der Waals surface area contributed by atoms with E-state index in [0.717, 1.165) is 24.3 Å². The maximum Gasteiger partial charge on any atom is 0.501 e. The van der Waals surface area contributed by atoms with Crippen molar-refractivity contribution in [3.05, 3.63) is 68.3 Å². The molecule has 176 valence electrons. The number of nitrogens with zero attached hydrogens (tertiary/aromatic N) is 2. The van der Waals surface area contributed by atoms with Gasteiger partial charge in [0.15, 0.2) is 4.90 Å². The van der Waals surface area contributed by atoms with Crippen molar-refractivity contribution in [2.24, 2.45) is 5.84 Å². The Bertz CT molecular complexity index is 1230. The first-order valence-corrected chi connectivity index (χ1v) is 10.7. The number of hydrogen-bond acceptors (Lipinski definition) is 10. The van der Waals surface area contributed by atoms with Crippen LogP contribution in [0.2, 0.25) is 0 Å². The highest BCUT2D eigenvalue weighted by Gasteiger charge is 2.48. The summed E-state index contributed by atoms with van der Waals surface area (Å²) in [7, 11) is -10.2. The molecule has 0 heterocycles. The number of nitro benzene ring substituents is 2. The van der Waals surface area contributed by atoms with Crippen LogP contribution < -0.4 is 11.3 Å². The molecule has 2 aromatic carbocycles. The predicted octanol–water partition coefficient (Wildman–Crippen LogP) is 1.69. The molecule has 0 bridgehead atoms. The van der Waals surface area contributed by atoms with E-state index in [1.165, 1.54) is 12.1 Å². The van der Waals surface area contributed by atoms with E-state index >= 15 is 0 Å². The number of benzene rings is 2. The van der Waals surface area contributed by atoms with Gasteiger partial charge in [-0.3, -0.25) is 36.0 Å². The van der Waals surface area contributed by atoms with Crippen molar-refractivity contribution in [3.63, 3.8) is 0 Å². The summed E-state index contributed by atoms with van der Waals surface area (Å²) in [5.41, 5.74) is -5.68. The van der Waals surface area contributed by atoms with Gasteiger partial charge >= 0.3 is 15.6 Å². The normalized spacial score (nSPS) is 11.9. The van der Waals surface area contributed by atoms with E-state index in [9.17, 15) is 50.2 Å². The smallest absolute Gasteiger partial charge is 0.282 e. The van der Waals surface area contributed by atoms with Crippen molar-refractivity contribution in [2.45, 2.75) is 21.8 Å². The lowest BCUT2D eigenvalue weighted by Gasteiger charge is -2.12. The van der Waals surface area contributed by atoms with Gasteiger partial charge in [-0.05, 0) is 12.1 Å². The molecule has 0 fully saturated rings. The van der Waals surface area contributed by atoms with Gasteiger partial charge in [0.05, 0.1) is 20.3 Å². The number of halogens is 3. The SMILES string of the molecule is NNCc1c([N+](=O)[O-])cccc1S(=O)(=O)C(F)(F)F.O=[N+]([O-])c1ccccc1S(=O)(=O)O. The fraction of sp³-hybridized carbons (Fsp3) is 0.143. The first-order chi connectivity index (χ1) is 14.6. The zero-order valence-electron chi connectivity index (χ0n) is 15.4. The monoisotopic (exact) mass is 502 g/mol. The summed E-state index contributed by atoms with van der Waals surface area (Å²) < 4.78 is 89.8. The highest BCUT2D eigenvalue weighted by molar-refractivity contribution is 7.92. The highest BCUT2D eigenvalue weighted by atomic mass is 32.2. The zero-order valence-corrected chi connectivity index (χ0v) is 17.0. The number of hydrazine groups is 1. The van der Waals surface area contributed by atoms with E-state index in [1.54, 1.807) is 0 Å². The molecule has 0 atom stereocenters. The average Bonchev–Trinajstić information content (AvgIpc) is 2.67. The van der Waals surface area contributed by atoms with E-state index in [1.807, 2.05) is 5.43 Å². The molecule has 0 saturated heterocycles. The van der Waals surface area contributed by atoms with Crippen LogP contribution in [0.25, 0.3) is 0 Å². The molecule has 32 heavy (non-hydrogen) atoms. The Balaban J connectivity index is 0.000000343. The van der Waals surface area contributed by atoms with Gasteiger partial charge in [0.2, 0.25) is 0 Å². The summed E-state index contributed by atoms with van der Waals surface area (Å²) >= 11 is 0. The van der Waals surface area contributed by atoms with Crippen molar-refractivity contribution < 1.29 is 44.4 Å². The molecule has 0 radical (unpaired) electrons. The Kier molecular flexibility index (Phi) is 8.35. The maximum absolute atomic E-state index is 12.5. The molecule has 18 heteroatoms. The third kappa shape index (κ3) is 6.17. The van der Waals surface area contributed by atoms with Crippen LogP contribution in [0.4, 0.5) is 24.5 Å². The molecule has 0 aliphatic carbocycles. The standard InChI is InChI=1S/C8H8F3N3O4S.C6H5NO5S/c9-8(10,11)19(17,18)7-3-1-2-6(14(15)16)5(7)4-13-12;8-7(9)5-3-1-2-4-6(5)13(10,11)12/h1-3,13H,4,12H2;1-4H,(H,10,11,12). The molecule has 0 aliphatic heterocycles. The fourth-order valence-corrected chi connectivity index (χ4v) is 3.87. The molecule has 2 rings (SSSR count). The predicted molar refractivity (Wildman–Crippen MR) is 100 cm³/mol. The van der Waals surface area contributed by atoms with Gasteiger partial charge in [0, 0.05) is 18.7 Å². The number of sulfone groups is 1. The number of rotatable bonds is 6. The van der Waals surface area contributed by atoms with Crippen LogP contribution in [0.3, 0.4) is 0 Å². The van der Waals surface area contributed by atoms with Crippen molar-refractivity contribution in [2.75, 3.05) is 0 Å². The minimum Gasteiger partial charge on any atom is -0.282 e. The molecule has 13 nitrogen and oxygen atoms in total. The van der Waals surface area contributed by atoms with E-state index in [4.69, 9.17) is 10.4 Å². The molecule has 0 unspecified atom stereocenters. The minimum absolute atomic E-state index is 0.595. The van der Waals surface area contributed by atoms with Gasteiger partial charge in [-0.2, -0.15) is 21.6 Å². The molecule has 0 saturated carbocycles. The number of nitrogens with one attached hydrogen (secondary N) is 1. The van der Waals surface area contributed by atoms with Crippen LogP contribution in [0.1, 0.15) is 5.56 Å². The summed E-state index contributed by atoms with van der Waals surface area (Å²) in [5.74, 6) is 4.90. The second kappa shape index (κ2) is 9.96. The van der Waals surface area contributed by atoms with Gasteiger partial charge in [0.25, 0.3) is 21.2 Å². The van der Waals surface area contributed by atoms with Crippen LogP contribution in [0.5, 0.6) is 0 Å². The molecule has 0 aliphatic rings. The largest absolute Gasteiger partial charge is 0.501 e. The third-order valence-corrected chi connectivity index (χ3v) is 5.99. The first-order valence-electron chi connectivity index (χ1n) is 7.77. The Hall–Kier alpha value is -3.19. The van der Waals surface area contributed by atoms with Crippen LogP contribution >= 0.6 is 0 Å². The quantitative estimate of drug-likeness (QED) is 0.224. The van der Waals surface area contributed by atoms with E-state index in [0.29, 0.717) is 6.07 Å². The van der Waals surface area contributed by atoms with Gasteiger partial charge < -0.3 is 0 Å². The van der Waals surface area contributed by atoms with Crippen molar-refractivity contribution >= 4 is 31.3 Å². The van der Waals surface area contributed by atoms with Gasteiger partial charge in [-0.1, -0.05) is 18.2 Å². The Morgan fingerprint density at radius 2 is 1.38 bits per heavy atom. The molecule has 0 spiro atoms. The first kappa shape index (κ1) is 26.8. The third-order valence-electron chi connectivity index (χ3n) is 3.52. The van der Waals surface area contributed by atoms with E-state index < -0.39 is 68.6 Å². The van der Waals surface area contributed by atoms with E-state index in [-0.39, 0.29) is 0 Å². The summed E-state index contributed by atoms with van der Waals surface area (Å²) in [6.45, 7) is -0.595. The van der Waals surface area contributed by atoms with Crippen LogP contribution in [0, 0.1) is 20.2 Å². The lowest BCUT2D eigenvalue weighted by molar-refractivity contribution is -0.387. The highest BCUT2D eigenvalue weighted by Crippen LogP contribution is 2.35. The molecular weight excluding hydrogens is 489 g/mol. The van der Waals surface area contributed by atoms with Gasteiger partial charge in [0.1, 0.15) is 0 Å². The molecule has 0 aromatic heterocycles. The molecular formula is C14H13F3N4O9S2. The van der Waals surface area contributed by atoms with Gasteiger partial charge in [-0.25, -0.2) is 8.42 Å². The molecule has 4 N–H and O–H groups in total. The topological polar surface area (TPSA) is 213 Å². The van der Waals surface area contributed by atoms with Crippen molar-refractivity contribution in [1.29, 1.82) is 0 Å². The maximum atomic E-state index is 12.5. The zero-order chi connectivity index (χ0) is 24.9. The summed E-state index contributed by atoms with van der Waals surface area (Å²) in [4.78, 5) is 17.2. The summed E-state index contributed by atoms with van der Waals surface area (Å²) in [6.07, 6.45) is 0. The Morgan fingerprint density at radius 3 is 1.78 bits per heavy atom. The van der Waals surface area contributed by atoms with Gasteiger partial charge in [-0.15, -0.1) is 0 Å². The lowest BCUT2D eigenvalue weighted by atomic mass is 10.2. The Labute approximate surface area is 177 Å². The number of nitro groups is 2. The molecule has 0 amide bonds. The minimum atomic E-state index is -5.69. The van der Waals surface area contributed by atoms with Crippen LogP contribution in [0.15, 0.2) is 52.3 Å². The second-order valence-corrected chi connectivity index (χ2v) is 8.84. The lowest BCUT2D eigenvalue weighted by Crippen LogP contribution is -2.27. The number of alkyl halides is 3. The van der Waals surface area contributed by atoms with Crippen LogP contribution in [-0.4, -0.2) is 36.7 Å². The van der Waals surface area contributed by atoms with E-state index in [2.05, 4.69) is 0 Å². The summed E-state index contributed by atoms with van der Waals surface area (Å²) in [5, 5.41) is 21.0. The van der Waals surface area contributed by atoms with Crippen molar-refractivity contribution in [3.8, 4) is 0 Å². The second-order valence-electron chi connectivity index (χ2n) is 5.54. The fourth-order valence-electron chi connectivity index (χ4n) is 2.21. The Morgan fingerprint density at radius 1 is 0.906 bits per heavy atom. The van der Waals surface area contributed by atoms with Crippen molar-refractivity contribution in [1.82, 2.24) is 5.43 Å². The molecule has 2 aromatic rings. The number of para-hydroxylation sites is 1. The number of hydrogen-bond donors (Lipinski definition) is 3. The van der Waals surface area contributed by atoms with Crippen LogP contribution in [-0.2, 0) is 26.5 Å².